The molecule has 140 valence electrons. The van der Waals surface area contributed by atoms with Crippen molar-refractivity contribution in [2.75, 3.05) is 6.61 Å². The van der Waals surface area contributed by atoms with Gasteiger partial charge in [-0.2, -0.15) is 5.10 Å². The molecule has 0 saturated carbocycles. The van der Waals surface area contributed by atoms with Gasteiger partial charge in [-0.05, 0) is 12.1 Å². The van der Waals surface area contributed by atoms with Gasteiger partial charge in [0.15, 0.2) is 0 Å². The topological polar surface area (TPSA) is 122 Å². The molecule has 4 rings (SSSR count). The third-order valence-corrected chi connectivity index (χ3v) is 4.58. The van der Waals surface area contributed by atoms with Crippen LogP contribution in [-0.2, 0) is 4.74 Å². The van der Waals surface area contributed by atoms with Crippen LogP contribution in [0.5, 0.6) is 0 Å². The van der Waals surface area contributed by atoms with Gasteiger partial charge in [-0.1, -0.05) is 18.2 Å². The zero-order chi connectivity index (χ0) is 19.0. The Bertz CT molecular complexity index is 1060. The van der Waals surface area contributed by atoms with Crippen LogP contribution in [0.25, 0.3) is 16.8 Å². The molecule has 0 bridgehead atoms. The Labute approximate surface area is 153 Å². The molecular weight excluding hydrogens is 352 g/mol. The van der Waals surface area contributed by atoms with E-state index in [0.717, 1.165) is 5.69 Å². The van der Waals surface area contributed by atoms with Crippen molar-refractivity contribution in [1.29, 1.82) is 0 Å². The molecule has 3 N–H and O–H groups in total. The van der Waals surface area contributed by atoms with Crippen molar-refractivity contribution in [2.45, 2.75) is 24.9 Å². The lowest BCUT2D eigenvalue weighted by atomic mass is 10.2. The number of rotatable bonds is 4. The average Bonchev–Trinajstić information content (AvgIpc) is 3.29. The van der Waals surface area contributed by atoms with E-state index in [9.17, 15) is 19.8 Å². The Balaban J connectivity index is 1.71. The number of benzene rings is 1. The van der Waals surface area contributed by atoms with Crippen molar-refractivity contribution in [2.24, 2.45) is 0 Å². The number of nitrogens with one attached hydrogen (secondary N) is 1. The summed E-state index contributed by atoms with van der Waals surface area (Å²) in [4.78, 5) is 26.8. The molecule has 0 aliphatic carbocycles. The van der Waals surface area contributed by atoms with E-state index in [4.69, 9.17) is 4.74 Å². The molecule has 1 aliphatic heterocycles. The van der Waals surface area contributed by atoms with Crippen LogP contribution in [0.4, 0.5) is 0 Å². The van der Waals surface area contributed by atoms with Gasteiger partial charge >= 0.3 is 5.69 Å². The zero-order valence-corrected chi connectivity index (χ0v) is 14.2. The van der Waals surface area contributed by atoms with Crippen LogP contribution in [0.1, 0.15) is 12.6 Å². The zero-order valence-electron chi connectivity index (χ0n) is 14.2. The van der Waals surface area contributed by atoms with Gasteiger partial charge in [0.2, 0.25) is 0 Å². The number of para-hydroxylation sites is 1. The molecule has 3 heterocycles. The van der Waals surface area contributed by atoms with Gasteiger partial charge in [0.05, 0.1) is 30.2 Å². The van der Waals surface area contributed by atoms with Crippen molar-refractivity contribution in [3.05, 3.63) is 69.8 Å². The van der Waals surface area contributed by atoms with Gasteiger partial charge < -0.3 is 14.9 Å². The van der Waals surface area contributed by atoms with Crippen molar-refractivity contribution < 1.29 is 14.9 Å². The van der Waals surface area contributed by atoms with E-state index in [2.05, 4.69) is 10.1 Å². The highest BCUT2D eigenvalue weighted by molar-refractivity contribution is 5.60. The molecular formula is C18H18N4O5. The highest BCUT2D eigenvalue weighted by atomic mass is 16.5. The van der Waals surface area contributed by atoms with E-state index >= 15 is 0 Å². The number of aliphatic hydroxyl groups excluding tert-OH is 2. The summed E-state index contributed by atoms with van der Waals surface area (Å²) in [5.74, 6) is 0. The highest BCUT2D eigenvalue weighted by Gasteiger charge is 2.35. The summed E-state index contributed by atoms with van der Waals surface area (Å²) in [6, 6.07) is 9.41. The number of hydrogen-bond acceptors (Lipinski definition) is 6. The number of nitrogens with zero attached hydrogens (tertiary/aromatic N) is 3. The van der Waals surface area contributed by atoms with E-state index in [-0.39, 0.29) is 18.6 Å². The summed E-state index contributed by atoms with van der Waals surface area (Å²) in [7, 11) is 0. The van der Waals surface area contributed by atoms with E-state index in [1.54, 1.807) is 10.9 Å². The smallest absolute Gasteiger partial charge is 0.330 e. The van der Waals surface area contributed by atoms with Gasteiger partial charge in [-0.3, -0.25) is 14.3 Å². The molecule has 3 aromatic rings. The lowest BCUT2D eigenvalue weighted by Gasteiger charge is -2.15. The van der Waals surface area contributed by atoms with Crippen LogP contribution in [0.2, 0.25) is 0 Å². The van der Waals surface area contributed by atoms with Crippen molar-refractivity contribution in [1.82, 2.24) is 19.3 Å². The van der Waals surface area contributed by atoms with Gasteiger partial charge in [-0.15, -0.1) is 0 Å². The first-order valence-electron chi connectivity index (χ1n) is 8.47. The summed E-state index contributed by atoms with van der Waals surface area (Å²) in [5.41, 5.74) is 0.436. The normalized spacial score (nSPS) is 22.2. The third kappa shape index (κ3) is 3.23. The molecule has 2 aromatic heterocycles. The van der Waals surface area contributed by atoms with E-state index in [1.807, 2.05) is 30.3 Å². The number of H-pyrrole nitrogens is 1. The molecule has 0 unspecified atom stereocenters. The molecule has 0 spiro atoms. The molecule has 9 nitrogen and oxygen atoms in total. The second kappa shape index (κ2) is 6.95. The average molecular weight is 370 g/mol. The largest absolute Gasteiger partial charge is 0.394 e. The minimum absolute atomic E-state index is 0.139. The molecule has 1 saturated heterocycles. The molecule has 3 atom stereocenters. The predicted octanol–water partition coefficient (Wildman–Crippen LogP) is 0.0300. The van der Waals surface area contributed by atoms with Gasteiger partial charge in [-0.25, -0.2) is 9.48 Å². The first-order valence-corrected chi connectivity index (χ1v) is 8.47. The fraction of sp³-hybridized carbons (Fsp3) is 0.278. The van der Waals surface area contributed by atoms with Crippen molar-refractivity contribution in [3.8, 4) is 16.8 Å². The number of hydrogen-bond donors (Lipinski definition) is 3. The summed E-state index contributed by atoms with van der Waals surface area (Å²) < 4.78 is 8.36. The van der Waals surface area contributed by atoms with Crippen LogP contribution in [0.15, 0.2) is 58.5 Å². The van der Waals surface area contributed by atoms with Crippen LogP contribution in [0, 0.1) is 0 Å². The standard InChI is InChI=1S/C18H18N4O5/c23-10-15-14(24)6-16(27-15)21-9-13(17(25)20-18(21)26)11-7-19-22(8-11)12-4-2-1-3-5-12/h1-5,7-9,14-16,23-24H,6,10H2,(H,20,25,26)/t14-,15+,16+/m0/s1. The number of aliphatic hydroxyl groups is 2. The summed E-state index contributed by atoms with van der Waals surface area (Å²) in [6.07, 6.45) is 2.33. The lowest BCUT2D eigenvalue weighted by molar-refractivity contribution is -0.0458. The summed E-state index contributed by atoms with van der Waals surface area (Å²) >= 11 is 0. The summed E-state index contributed by atoms with van der Waals surface area (Å²) in [6.45, 7) is -0.355. The van der Waals surface area contributed by atoms with Gasteiger partial charge in [0.1, 0.15) is 12.3 Å². The minimum Gasteiger partial charge on any atom is -0.394 e. The second-order valence-corrected chi connectivity index (χ2v) is 6.33. The molecule has 0 radical (unpaired) electrons. The molecule has 27 heavy (non-hydrogen) atoms. The third-order valence-electron chi connectivity index (χ3n) is 4.58. The second-order valence-electron chi connectivity index (χ2n) is 6.33. The van der Waals surface area contributed by atoms with Gasteiger partial charge in [0, 0.05) is 24.4 Å². The fourth-order valence-electron chi connectivity index (χ4n) is 3.14. The molecule has 1 aromatic carbocycles. The first kappa shape index (κ1) is 17.4. The van der Waals surface area contributed by atoms with Crippen molar-refractivity contribution in [3.63, 3.8) is 0 Å². The van der Waals surface area contributed by atoms with Crippen LogP contribution >= 0.6 is 0 Å². The van der Waals surface area contributed by atoms with E-state index < -0.39 is 29.7 Å². The Morgan fingerprint density at radius 1 is 1.22 bits per heavy atom. The molecule has 9 heteroatoms. The van der Waals surface area contributed by atoms with E-state index in [0.29, 0.717) is 5.56 Å². The fourth-order valence-corrected chi connectivity index (χ4v) is 3.14. The number of ether oxygens (including phenoxy) is 1. The maximum atomic E-state index is 12.3. The van der Waals surface area contributed by atoms with Crippen LogP contribution < -0.4 is 11.2 Å². The maximum Gasteiger partial charge on any atom is 0.330 e. The quantitative estimate of drug-likeness (QED) is 0.596. The van der Waals surface area contributed by atoms with Crippen LogP contribution in [-0.4, -0.2) is 48.4 Å². The summed E-state index contributed by atoms with van der Waals surface area (Å²) in [5, 5.41) is 23.4. The number of aromatic nitrogens is 4. The Kier molecular flexibility index (Phi) is 4.48. The van der Waals surface area contributed by atoms with E-state index in [1.165, 1.54) is 17.0 Å². The Hall–Kier alpha value is -3.01. The Morgan fingerprint density at radius 2 is 2.00 bits per heavy atom. The monoisotopic (exact) mass is 370 g/mol. The van der Waals surface area contributed by atoms with Crippen molar-refractivity contribution >= 4 is 0 Å². The molecule has 1 fully saturated rings. The number of aromatic amines is 1. The minimum atomic E-state index is -0.886. The SMILES string of the molecule is O=c1[nH]c(=O)n([C@H]2C[C@H](O)[C@@H](CO)O2)cc1-c1cnn(-c2ccccc2)c1. The van der Waals surface area contributed by atoms with Gasteiger partial charge in [0.25, 0.3) is 5.56 Å². The predicted molar refractivity (Wildman–Crippen MR) is 95.5 cm³/mol. The van der Waals surface area contributed by atoms with Crippen LogP contribution in [0.3, 0.4) is 0 Å². The molecule has 0 amide bonds. The first-order chi connectivity index (χ1) is 13.1. The highest BCUT2D eigenvalue weighted by Crippen LogP contribution is 2.28. The molecule has 1 aliphatic rings. The maximum absolute atomic E-state index is 12.3. The Morgan fingerprint density at radius 3 is 2.70 bits per heavy atom. The lowest BCUT2D eigenvalue weighted by Crippen LogP contribution is -2.33.